The number of para-hydroxylation sites is 2. The molecule has 1 aliphatic heterocycles. The van der Waals surface area contributed by atoms with Crippen LogP contribution in [0.4, 0.5) is 5.69 Å². The van der Waals surface area contributed by atoms with Gasteiger partial charge in [-0.05, 0) is 56.4 Å². The number of hydrogen-bond acceptors (Lipinski definition) is 4. The summed E-state index contributed by atoms with van der Waals surface area (Å²) >= 11 is 0. The first-order chi connectivity index (χ1) is 14.6. The highest BCUT2D eigenvalue weighted by Crippen LogP contribution is 2.30. The highest BCUT2D eigenvalue weighted by molar-refractivity contribution is 6.00. The minimum Gasteiger partial charge on any atom is -0.448 e. The van der Waals surface area contributed by atoms with Crippen molar-refractivity contribution in [3.8, 4) is 5.69 Å². The third kappa shape index (κ3) is 3.09. The summed E-state index contributed by atoms with van der Waals surface area (Å²) in [5.74, 6) is -0.733. The van der Waals surface area contributed by atoms with Crippen molar-refractivity contribution >= 4 is 17.6 Å². The van der Waals surface area contributed by atoms with E-state index in [1.54, 1.807) is 11.8 Å². The third-order valence-electron chi connectivity index (χ3n) is 5.91. The summed E-state index contributed by atoms with van der Waals surface area (Å²) in [4.78, 5) is 27.6. The van der Waals surface area contributed by atoms with Crippen LogP contribution >= 0.6 is 0 Å². The van der Waals surface area contributed by atoms with E-state index in [0.29, 0.717) is 12.2 Å². The van der Waals surface area contributed by atoms with Crippen molar-refractivity contribution in [2.24, 2.45) is 0 Å². The average Bonchev–Trinajstić information content (AvgIpc) is 3.48. The predicted octanol–water partition coefficient (Wildman–Crippen LogP) is 3.50. The van der Waals surface area contributed by atoms with Crippen LogP contribution in [0.3, 0.4) is 0 Å². The molecular weight excluding hydrogens is 378 g/mol. The van der Waals surface area contributed by atoms with Crippen LogP contribution in [0.25, 0.3) is 5.69 Å². The summed E-state index contributed by atoms with van der Waals surface area (Å²) in [6, 6.07) is 17.6. The summed E-state index contributed by atoms with van der Waals surface area (Å²) in [6.07, 6.45) is 2.61. The Morgan fingerprint density at radius 1 is 1.00 bits per heavy atom. The van der Waals surface area contributed by atoms with E-state index < -0.39 is 12.1 Å². The summed E-state index contributed by atoms with van der Waals surface area (Å²) in [7, 11) is 0. The standard InChI is InChI=1S/C24H23N3O3/c1-16(23(28)26-15-14-17-8-5-6-12-20(17)26)30-24(29)22-19-11-7-13-21(19)27(25-22)18-9-3-2-4-10-18/h2-6,8-10,12,16H,7,11,13-15H2,1H3. The number of carbonyl (C=O) groups is 2. The molecule has 0 saturated heterocycles. The lowest BCUT2D eigenvalue weighted by Crippen LogP contribution is -2.39. The highest BCUT2D eigenvalue weighted by Gasteiger charge is 2.33. The van der Waals surface area contributed by atoms with Gasteiger partial charge in [0.1, 0.15) is 0 Å². The fourth-order valence-electron chi connectivity index (χ4n) is 4.44. The van der Waals surface area contributed by atoms with Crippen molar-refractivity contribution in [2.75, 3.05) is 11.4 Å². The average molecular weight is 401 g/mol. The zero-order valence-corrected chi connectivity index (χ0v) is 16.9. The van der Waals surface area contributed by atoms with Crippen molar-refractivity contribution < 1.29 is 14.3 Å². The molecule has 1 amide bonds. The van der Waals surface area contributed by atoms with Crippen LogP contribution in [-0.4, -0.2) is 34.3 Å². The van der Waals surface area contributed by atoms with Crippen LogP contribution < -0.4 is 4.90 Å². The minimum absolute atomic E-state index is 0.201. The van der Waals surface area contributed by atoms with Crippen LogP contribution in [0.2, 0.25) is 0 Å². The van der Waals surface area contributed by atoms with E-state index in [9.17, 15) is 9.59 Å². The van der Waals surface area contributed by atoms with Gasteiger partial charge in [-0.1, -0.05) is 36.4 Å². The topological polar surface area (TPSA) is 64.4 Å². The first-order valence-electron chi connectivity index (χ1n) is 10.4. The molecule has 0 radical (unpaired) electrons. The maximum atomic E-state index is 13.0. The summed E-state index contributed by atoms with van der Waals surface area (Å²) in [5, 5.41) is 4.57. The van der Waals surface area contributed by atoms with Gasteiger partial charge < -0.3 is 9.64 Å². The van der Waals surface area contributed by atoms with E-state index in [0.717, 1.165) is 53.9 Å². The lowest BCUT2D eigenvalue weighted by molar-refractivity contribution is -0.126. The molecule has 2 aromatic carbocycles. The molecule has 0 fully saturated rings. The molecule has 0 N–H and O–H groups in total. The molecule has 1 aromatic heterocycles. The number of anilines is 1. The van der Waals surface area contributed by atoms with Gasteiger partial charge in [0, 0.05) is 23.5 Å². The number of aromatic nitrogens is 2. The Morgan fingerprint density at radius 3 is 2.60 bits per heavy atom. The molecule has 2 heterocycles. The molecule has 1 unspecified atom stereocenters. The first-order valence-corrected chi connectivity index (χ1v) is 10.4. The highest BCUT2D eigenvalue weighted by atomic mass is 16.5. The van der Waals surface area contributed by atoms with E-state index >= 15 is 0 Å². The Bertz CT molecular complexity index is 1120. The normalized spacial score (nSPS) is 15.6. The van der Waals surface area contributed by atoms with Crippen molar-refractivity contribution in [3.63, 3.8) is 0 Å². The van der Waals surface area contributed by atoms with E-state index in [2.05, 4.69) is 5.10 Å². The van der Waals surface area contributed by atoms with Gasteiger partial charge in [0.05, 0.1) is 5.69 Å². The Kier molecular flexibility index (Phi) is 4.62. The zero-order valence-electron chi connectivity index (χ0n) is 16.9. The maximum absolute atomic E-state index is 13.0. The van der Waals surface area contributed by atoms with Crippen molar-refractivity contribution in [1.82, 2.24) is 9.78 Å². The second-order valence-corrected chi connectivity index (χ2v) is 7.79. The number of fused-ring (bicyclic) bond motifs is 2. The van der Waals surface area contributed by atoms with Crippen molar-refractivity contribution in [3.05, 3.63) is 77.1 Å². The number of amides is 1. The molecule has 3 aromatic rings. The lowest BCUT2D eigenvalue weighted by Gasteiger charge is -2.21. The molecule has 6 heteroatoms. The quantitative estimate of drug-likeness (QED) is 0.628. The number of esters is 1. The van der Waals surface area contributed by atoms with Gasteiger partial charge in [0.2, 0.25) is 0 Å². The van der Waals surface area contributed by atoms with Crippen LogP contribution in [0.15, 0.2) is 54.6 Å². The minimum atomic E-state index is -0.873. The monoisotopic (exact) mass is 401 g/mol. The molecule has 1 aliphatic carbocycles. The molecule has 0 saturated carbocycles. The summed E-state index contributed by atoms with van der Waals surface area (Å²) in [5.41, 5.74) is 5.29. The summed E-state index contributed by atoms with van der Waals surface area (Å²) in [6.45, 7) is 2.24. The van der Waals surface area contributed by atoms with Crippen LogP contribution in [0.1, 0.15) is 40.7 Å². The van der Waals surface area contributed by atoms with Crippen LogP contribution in [0, 0.1) is 0 Å². The molecule has 0 spiro atoms. The number of carbonyl (C=O) groups excluding carboxylic acids is 2. The number of nitrogens with zero attached hydrogens (tertiary/aromatic N) is 3. The smallest absolute Gasteiger partial charge is 0.359 e. The predicted molar refractivity (Wildman–Crippen MR) is 113 cm³/mol. The Labute approximate surface area is 175 Å². The zero-order chi connectivity index (χ0) is 20.7. The molecule has 6 nitrogen and oxygen atoms in total. The first kappa shape index (κ1) is 18.6. The van der Waals surface area contributed by atoms with Gasteiger partial charge in [-0.15, -0.1) is 0 Å². The Hall–Kier alpha value is -3.41. The Morgan fingerprint density at radius 2 is 1.77 bits per heavy atom. The van der Waals surface area contributed by atoms with Gasteiger partial charge >= 0.3 is 5.97 Å². The molecule has 0 bridgehead atoms. The van der Waals surface area contributed by atoms with E-state index in [-0.39, 0.29) is 5.91 Å². The fraction of sp³-hybridized carbons (Fsp3) is 0.292. The number of benzene rings is 2. The number of rotatable bonds is 4. The molecule has 30 heavy (non-hydrogen) atoms. The van der Waals surface area contributed by atoms with Crippen LogP contribution in [-0.2, 0) is 28.8 Å². The van der Waals surface area contributed by atoms with Crippen molar-refractivity contribution in [2.45, 2.75) is 38.7 Å². The molecule has 5 rings (SSSR count). The SMILES string of the molecule is CC(OC(=O)c1nn(-c2ccccc2)c2c1CCC2)C(=O)N1CCc2ccccc21. The fourth-order valence-corrected chi connectivity index (χ4v) is 4.44. The van der Waals surface area contributed by atoms with E-state index in [4.69, 9.17) is 4.74 Å². The number of ether oxygens (including phenoxy) is 1. The Balaban J connectivity index is 1.37. The van der Waals surface area contributed by atoms with E-state index in [1.807, 2.05) is 59.3 Å². The largest absolute Gasteiger partial charge is 0.448 e. The summed E-state index contributed by atoms with van der Waals surface area (Å²) < 4.78 is 7.43. The molecule has 152 valence electrons. The second-order valence-electron chi connectivity index (χ2n) is 7.79. The van der Waals surface area contributed by atoms with Gasteiger partial charge in [-0.2, -0.15) is 5.10 Å². The van der Waals surface area contributed by atoms with Gasteiger partial charge in [0.25, 0.3) is 5.91 Å². The van der Waals surface area contributed by atoms with Gasteiger partial charge in [-0.3, -0.25) is 4.79 Å². The second kappa shape index (κ2) is 7.44. The third-order valence-corrected chi connectivity index (χ3v) is 5.91. The van der Waals surface area contributed by atoms with E-state index in [1.165, 1.54) is 0 Å². The molecule has 1 atom stereocenters. The lowest BCUT2D eigenvalue weighted by atomic mass is 10.2. The van der Waals surface area contributed by atoms with Gasteiger partial charge in [0.15, 0.2) is 11.8 Å². The van der Waals surface area contributed by atoms with Crippen LogP contribution in [0.5, 0.6) is 0 Å². The van der Waals surface area contributed by atoms with Crippen molar-refractivity contribution in [1.29, 1.82) is 0 Å². The molecule has 2 aliphatic rings. The number of hydrogen-bond donors (Lipinski definition) is 0. The molecular formula is C24H23N3O3. The maximum Gasteiger partial charge on any atom is 0.359 e. The van der Waals surface area contributed by atoms with Gasteiger partial charge in [-0.25, -0.2) is 9.48 Å².